The molecule has 0 bridgehead atoms. The van der Waals surface area contributed by atoms with E-state index in [0.717, 1.165) is 5.56 Å². The number of aliphatic carboxylic acids is 1. The third kappa shape index (κ3) is 3.36. The minimum Gasteiger partial charge on any atom is -0.480 e. The fourth-order valence-corrected chi connectivity index (χ4v) is 2.75. The quantitative estimate of drug-likeness (QED) is 0.840. The molecule has 3 nitrogen and oxygen atoms in total. The summed E-state index contributed by atoms with van der Waals surface area (Å²) in [7, 11) is 0. The molecule has 1 aliphatic rings. The molecule has 1 aromatic rings. The molecule has 0 spiro atoms. The van der Waals surface area contributed by atoms with Gasteiger partial charge in [0.1, 0.15) is 6.61 Å². The first-order valence-corrected chi connectivity index (χ1v) is 6.92. The summed E-state index contributed by atoms with van der Waals surface area (Å²) < 4.78 is 5.34. The van der Waals surface area contributed by atoms with Crippen LogP contribution in [0.1, 0.15) is 12.0 Å². The van der Waals surface area contributed by atoms with Crippen LogP contribution in [0, 0.1) is 0 Å². The van der Waals surface area contributed by atoms with Gasteiger partial charge in [0.2, 0.25) is 0 Å². The third-order valence-electron chi connectivity index (χ3n) is 2.82. The number of hydrogen-bond donors (Lipinski definition) is 1. The first kappa shape index (κ1) is 15.4. The van der Waals surface area contributed by atoms with Crippen molar-refractivity contribution < 1.29 is 14.6 Å². The van der Waals surface area contributed by atoms with E-state index >= 15 is 0 Å². The maximum atomic E-state index is 10.7. The van der Waals surface area contributed by atoms with Crippen LogP contribution < -0.4 is 0 Å². The maximum Gasteiger partial charge on any atom is 0.329 e. The van der Waals surface area contributed by atoms with E-state index in [-0.39, 0.29) is 6.42 Å². The van der Waals surface area contributed by atoms with Crippen molar-refractivity contribution in [1.82, 2.24) is 0 Å². The van der Waals surface area contributed by atoms with Gasteiger partial charge < -0.3 is 9.84 Å². The van der Waals surface area contributed by atoms with Crippen molar-refractivity contribution in [2.45, 2.75) is 11.5 Å². The van der Waals surface area contributed by atoms with Crippen molar-refractivity contribution in [3.8, 4) is 0 Å². The normalized spacial score (nSPS) is 22.6. The molecule has 1 unspecified atom stereocenters. The zero-order valence-electron chi connectivity index (χ0n) is 10.3. The molecule has 1 aromatic carbocycles. The van der Waals surface area contributed by atoms with Crippen molar-refractivity contribution in [3.63, 3.8) is 0 Å². The molecule has 1 atom stereocenters. The zero-order chi connectivity index (χ0) is 14.8. The van der Waals surface area contributed by atoms with E-state index in [1.807, 2.05) is 30.3 Å². The lowest BCUT2D eigenvalue weighted by Crippen LogP contribution is -2.32. The first-order valence-electron chi connectivity index (χ1n) is 5.79. The van der Waals surface area contributed by atoms with Gasteiger partial charge in [0.05, 0.1) is 5.03 Å². The van der Waals surface area contributed by atoms with Crippen LogP contribution in [0.3, 0.4) is 0 Å². The Morgan fingerprint density at radius 3 is 2.55 bits per heavy atom. The fourth-order valence-electron chi connectivity index (χ4n) is 1.91. The summed E-state index contributed by atoms with van der Waals surface area (Å²) in [5.74, 6) is -1.10. The number of carbonyl (C=O) groups is 1. The molecule has 1 N–H and O–H groups in total. The van der Waals surface area contributed by atoms with Crippen LogP contribution in [0.25, 0.3) is 5.57 Å². The molecule has 1 aliphatic carbocycles. The van der Waals surface area contributed by atoms with Crippen LogP contribution in [0.2, 0.25) is 0 Å². The Morgan fingerprint density at radius 1 is 1.30 bits per heavy atom. The van der Waals surface area contributed by atoms with Crippen molar-refractivity contribution in [1.29, 1.82) is 0 Å². The number of ether oxygens (including phenoxy) is 1. The Bertz CT molecular complexity index is 581. The Kier molecular flexibility index (Phi) is 4.76. The average molecular weight is 334 g/mol. The van der Waals surface area contributed by atoms with E-state index in [4.69, 9.17) is 44.6 Å². The standard InChI is InChI=1S/C14H11Cl3O3/c15-11-6-10(9-4-2-1-3-5-9)14(17,7-12(11)16)20-8-13(18)19/h1-6H,7-8H2,(H,18,19). The van der Waals surface area contributed by atoms with Crippen molar-refractivity contribution in [2.24, 2.45) is 0 Å². The van der Waals surface area contributed by atoms with E-state index in [2.05, 4.69) is 0 Å². The van der Waals surface area contributed by atoms with Gasteiger partial charge in [0.15, 0.2) is 5.06 Å². The van der Waals surface area contributed by atoms with Crippen LogP contribution in [0.4, 0.5) is 0 Å². The Morgan fingerprint density at radius 2 is 1.95 bits per heavy atom. The first-order chi connectivity index (χ1) is 9.42. The smallest absolute Gasteiger partial charge is 0.329 e. The monoisotopic (exact) mass is 332 g/mol. The van der Waals surface area contributed by atoms with Gasteiger partial charge in [-0.3, -0.25) is 0 Å². The largest absolute Gasteiger partial charge is 0.480 e. The molecular formula is C14H11Cl3O3. The van der Waals surface area contributed by atoms with Gasteiger partial charge in [0, 0.05) is 17.0 Å². The summed E-state index contributed by atoms with van der Waals surface area (Å²) in [6, 6.07) is 9.25. The minimum atomic E-state index is -1.34. The predicted octanol–water partition coefficient (Wildman–Crippen LogP) is 4.20. The number of hydrogen-bond acceptors (Lipinski definition) is 2. The second-order valence-electron chi connectivity index (χ2n) is 4.26. The van der Waals surface area contributed by atoms with Gasteiger partial charge in [-0.1, -0.05) is 65.1 Å². The highest BCUT2D eigenvalue weighted by Crippen LogP contribution is 2.46. The number of alkyl halides is 1. The summed E-state index contributed by atoms with van der Waals surface area (Å²) in [4.78, 5) is 10.7. The molecule has 0 aromatic heterocycles. The SMILES string of the molecule is O=C(O)COC1(Cl)CC(Cl)=C(Cl)C=C1c1ccccc1. The van der Waals surface area contributed by atoms with E-state index in [1.54, 1.807) is 6.08 Å². The number of allylic oxidation sites excluding steroid dienone is 2. The van der Waals surface area contributed by atoms with Crippen LogP contribution >= 0.6 is 34.8 Å². The maximum absolute atomic E-state index is 10.7. The van der Waals surface area contributed by atoms with Crippen LogP contribution in [-0.4, -0.2) is 22.7 Å². The molecule has 0 fully saturated rings. The van der Waals surface area contributed by atoms with Gasteiger partial charge in [-0.25, -0.2) is 4.79 Å². The summed E-state index contributed by atoms with van der Waals surface area (Å²) in [6.45, 7) is -0.518. The van der Waals surface area contributed by atoms with E-state index in [0.29, 0.717) is 15.6 Å². The summed E-state index contributed by atoms with van der Waals surface area (Å²) in [6.07, 6.45) is 1.72. The summed E-state index contributed by atoms with van der Waals surface area (Å²) in [5.41, 5.74) is 1.39. The second kappa shape index (κ2) is 6.19. The van der Waals surface area contributed by atoms with Gasteiger partial charge in [-0.2, -0.15) is 0 Å². The third-order valence-corrected chi connectivity index (χ3v) is 4.04. The van der Waals surface area contributed by atoms with E-state index in [1.165, 1.54) is 0 Å². The molecule has 0 amide bonds. The molecule has 0 saturated heterocycles. The second-order valence-corrected chi connectivity index (χ2v) is 5.74. The highest BCUT2D eigenvalue weighted by molar-refractivity contribution is 6.42. The summed E-state index contributed by atoms with van der Waals surface area (Å²) >= 11 is 18.5. The zero-order valence-corrected chi connectivity index (χ0v) is 12.5. The fraction of sp³-hybridized carbons (Fsp3) is 0.214. The molecule has 0 saturated carbocycles. The van der Waals surface area contributed by atoms with Crippen molar-refractivity contribution in [2.75, 3.05) is 6.61 Å². The average Bonchev–Trinajstić information content (AvgIpc) is 2.42. The van der Waals surface area contributed by atoms with Gasteiger partial charge in [-0.15, -0.1) is 0 Å². The van der Waals surface area contributed by atoms with Crippen molar-refractivity contribution >= 4 is 46.3 Å². The number of halogens is 3. The topological polar surface area (TPSA) is 46.5 Å². The molecule has 2 rings (SSSR count). The molecule has 0 radical (unpaired) electrons. The Hall–Kier alpha value is -1.00. The lowest BCUT2D eigenvalue weighted by molar-refractivity contribution is -0.144. The van der Waals surface area contributed by atoms with Crippen LogP contribution in [0.5, 0.6) is 0 Å². The molecule has 0 aliphatic heterocycles. The van der Waals surface area contributed by atoms with Crippen molar-refractivity contribution in [3.05, 3.63) is 52.0 Å². The van der Waals surface area contributed by atoms with Gasteiger partial charge >= 0.3 is 5.97 Å². The number of carboxylic acid groups (broad SMARTS) is 1. The Balaban J connectivity index is 2.41. The summed E-state index contributed by atoms with van der Waals surface area (Å²) in [5, 5.41) is 8.14. The van der Waals surface area contributed by atoms with E-state index in [9.17, 15) is 4.79 Å². The molecule has 0 heterocycles. The highest BCUT2D eigenvalue weighted by atomic mass is 35.5. The van der Waals surface area contributed by atoms with Gasteiger partial charge in [0.25, 0.3) is 0 Å². The Labute approximate surface area is 131 Å². The number of carboxylic acids is 1. The minimum absolute atomic E-state index is 0.114. The van der Waals surface area contributed by atoms with Crippen LogP contribution in [-0.2, 0) is 9.53 Å². The lowest BCUT2D eigenvalue weighted by Gasteiger charge is -2.32. The lowest BCUT2D eigenvalue weighted by atomic mass is 9.93. The van der Waals surface area contributed by atoms with Crippen LogP contribution in [0.15, 0.2) is 46.5 Å². The number of benzene rings is 1. The molecule has 106 valence electrons. The molecule has 6 heteroatoms. The molecular weight excluding hydrogens is 323 g/mol. The number of rotatable bonds is 4. The highest BCUT2D eigenvalue weighted by Gasteiger charge is 2.38. The van der Waals surface area contributed by atoms with Gasteiger partial charge in [-0.05, 0) is 11.6 Å². The molecule has 20 heavy (non-hydrogen) atoms. The van der Waals surface area contributed by atoms with E-state index < -0.39 is 17.6 Å². The predicted molar refractivity (Wildman–Crippen MR) is 79.9 cm³/mol.